The highest BCUT2D eigenvalue weighted by Gasteiger charge is 2.39. The molecule has 1 aliphatic rings. The number of hydrogen-bond donors (Lipinski definition) is 1. The molecule has 4 atom stereocenters. The summed E-state index contributed by atoms with van der Waals surface area (Å²) in [5.74, 6) is -1.64. The van der Waals surface area contributed by atoms with E-state index in [1.807, 2.05) is 0 Å². The number of carbonyl (C=O) groups excluding carboxylic acids is 2. The fourth-order valence-corrected chi connectivity index (χ4v) is 5.57. The molecule has 5 rings (SSSR count). The van der Waals surface area contributed by atoms with Crippen molar-refractivity contribution < 1.29 is 22.8 Å². The summed E-state index contributed by atoms with van der Waals surface area (Å²) in [5, 5.41) is 10.5. The molecule has 1 aromatic carbocycles. The summed E-state index contributed by atoms with van der Waals surface area (Å²) in [5.41, 5.74) is 0.0618. The van der Waals surface area contributed by atoms with Gasteiger partial charge in [0.25, 0.3) is 11.5 Å². The quantitative estimate of drug-likeness (QED) is 0.272. The van der Waals surface area contributed by atoms with Crippen LogP contribution in [0.4, 0.5) is 20.5 Å². The Labute approximate surface area is 246 Å². The van der Waals surface area contributed by atoms with Gasteiger partial charge in [0.1, 0.15) is 18.5 Å². The molecule has 1 aliphatic heterocycles. The van der Waals surface area contributed by atoms with Crippen LogP contribution in [0.2, 0.25) is 5.02 Å². The highest BCUT2D eigenvalue weighted by atomic mass is 35.5. The minimum Gasteiger partial charge on any atom is -0.408 e. The summed E-state index contributed by atoms with van der Waals surface area (Å²) in [6.07, 6.45) is 4.42. The number of anilines is 2. The van der Waals surface area contributed by atoms with Crippen molar-refractivity contribution in [3.8, 4) is 10.4 Å². The third-order valence-electron chi connectivity index (χ3n) is 6.39. The Bertz CT molecular complexity index is 1510. The van der Waals surface area contributed by atoms with Gasteiger partial charge in [-0.3, -0.25) is 19.5 Å². The number of amides is 2. The zero-order valence-corrected chi connectivity index (χ0v) is 23.7. The van der Waals surface area contributed by atoms with E-state index in [4.69, 9.17) is 27.6 Å². The fourth-order valence-electron chi connectivity index (χ4n) is 4.58. The monoisotopic (exact) mass is 622 g/mol. The first-order chi connectivity index (χ1) is 19.7. The molecule has 4 unspecified atom stereocenters. The average molecular weight is 623 g/mol. The van der Waals surface area contributed by atoms with E-state index in [-0.39, 0.29) is 41.8 Å². The Hall–Kier alpha value is -3.75. The van der Waals surface area contributed by atoms with Gasteiger partial charge < -0.3 is 14.6 Å². The van der Waals surface area contributed by atoms with Crippen molar-refractivity contribution in [3.05, 3.63) is 65.1 Å². The van der Waals surface area contributed by atoms with Crippen LogP contribution in [0, 0.1) is 6.92 Å². The Morgan fingerprint density at radius 3 is 2.66 bits per heavy atom. The van der Waals surface area contributed by atoms with Crippen molar-refractivity contribution >= 4 is 58.1 Å². The number of alkyl halides is 3. The van der Waals surface area contributed by atoms with Gasteiger partial charge in [-0.1, -0.05) is 34.4 Å². The smallest absolute Gasteiger partial charge is 0.318 e. The summed E-state index contributed by atoms with van der Waals surface area (Å²) in [6, 6.07) is 2.85. The van der Waals surface area contributed by atoms with E-state index in [0.717, 1.165) is 9.78 Å². The van der Waals surface area contributed by atoms with E-state index in [1.54, 1.807) is 35.7 Å². The lowest BCUT2D eigenvalue weighted by Crippen LogP contribution is -2.48. The van der Waals surface area contributed by atoms with Crippen LogP contribution < -0.4 is 15.1 Å². The van der Waals surface area contributed by atoms with Gasteiger partial charge in [-0.05, 0) is 17.7 Å². The lowest BCUT2D eigenvalue weighted by atomic mass is 10.0. The molecule has 11 nitrogen and oxygen atoms in total. The van der Waals surface area contributed by atoms with Crippen molar-refractivity contribution in [2.75, 3.05) is 22.9 Å². The Kier molecular flexibility index (Phi) is 8.71. The Morgan fingerprint density at radius 1 is 1.24 bits per heavy atom. The first kappa shape index (κ1) is 28.8. The van der Waals surface area contributed by atoms with Crippen LogP contribution in [0.3, 0.4) is 0 Å². The van der Waals surface area contributed by atoms with E-state index in [9.17, 15) is 18.4 Å². The summed E-state index contributed by atoms with van der Waals surface area (Å²) in [7, 11) is 0. The minimum atomic E-state index is -2.49. The van der Waals surface area contributed by atoms with Gasteiger partial charge in [-0.15, -0.1) is 16.4 Å². The highest BCUT2D eigenvalue weighted by Crippen LogP contribution is 2.37. The second-order valence-electron chi connectivity index (χ2n) is 9.10. The summed E-state index contributed by atoms with van der Waals surface area (Å²) in [6.45, 7) is 1.56. The Morgan fingerprint density at radius 2 is 2.02 bits per heavy atom. The predicted molar refractivity (Wildman–Crippen MR) is 148 cm³/mol. The lowest BCUT2D eigenvalue weighted by molar-refractivity contribution is -0.127. The normalized spacial score (nSPS) is 18.2. The number of nitrogens with zero attached hydrogens (tertiary/aromatic N) is 7. The zero-order valence-electron chi connectivity index (χ0n) is 21.3. The molecule has 1 N–H and O–H groups in total. The number of nitrogens with one attached hydrogen (secondary N) is 1. The molecule has 4 heterocycles. The van der Waals surface area contributed by atoms with Gasteiger partial charge in [0.2, 0.25) is 11.8 Å². The molecule has 0 bridgehead atoms. The third kappa shape index (κ3) is 6.29. The molecule has 41 heavy (non-hydrogen) atoms. The molecule has 0 saturated carbocycles. The van der Waals surface area contributed by atoms with Crippen molar-refractivity contribution in [2.24, 2.45) is 0 Å². The molecule has 0 aliphatic carbocycles. The number of rotatable bonds is 9. The molecule has 16 heteroatoms. The van der Waals surface area contributed by atoms with Crippen molar-refractivity contribution in [3.63, 3.8) is 0 Å². The topological polar surface area (TPSA) is 130 Å². The number of halogens is 4. The second kappa shape index (κ2) is 12.4. The average Bonchev–Trinajstić information content (AvgIpc) is 3.72. The largest absolute Gasteiger partial charge is 0.408 e. The second-order valence-corrected chi connectivity index (χ2v) is 10.8. The molecule has 3 aromatic heterocycles. The molecule has 4 aromatic rings. The number of carbonyl (C=O) groups is 2. The van der Waals surface area contributed by atoms with E-state index < -0.39 is 35.7 Å². The van der Waals surface area contributed by atoms with E-state index >= 15 is 0 Å². The van der Waals surface area contributed by atoms with Gasteiger partial charge in [0, 0.05) is 44.0 Å². The molecule has 1 saturated heterocycles. The number of hydrogen-bond acceptors (Lipinski definition) is 10. The zero-order chi connectivity index (χ0) is 29.1. The standard InChI is InChI=1S/C25H22Cl2F2N8O3S/c1-13-34-35-25(40-13)36-10-16(28)5-17(36)8-33-23(38)21(15-6-30-11-31-7-15)37(24(39)22(27)29)19-3-2-14(4-18(19)26)20-9-32-12-41-20/h2-4,6-7,9,11-12,16-17,21-22H,5,8,10H2,1H3,(H,33,38). The molecular formula is C25H22Cl2F2N8O3S. The van der Waals surface area contributed by atoms with Gasteiger partial charge in [0.05, 0.1) is 33.7 Å². The summed E-state index contributed by atoms with van der Waals surface area (Å²) < 4.78 is 34.3. The number of benzene rings is 1. The van der Waals surface area contributed by atoms with Crippen LogP contribution in [-0.2, 0) is 9.59 Å². The summed E-state index contributed by atoms with van der Waals surface area (Å²) in [4.78, 5) is 42.2. The third-order valence-corrected chi connectivity index (χ3v) is 7.70. The van der Waals surface area contributed by atoms with Crippen LogP contribution in [0.1, 0.15) is 23.9 Å². The van der Waals surface area contributed by atoms with Gasteiger partial charge in [-0.25, -0.2) is 18.7 Å². The molecule has 0 radical (unpaired) electrons. The molecule has 214 valence electrons. The van der Waals surface area contributed by atoms with Crippen LogP contribution in [0.5, 0.6) is 0 Å². The maximum absolute atomic E-state index is 14.4. The number of thiazole rings is 1. The van der Waals surface area contributed by atoms with Crippen LogP contribution in [-0.4, -0.2) is 67.9 Å². The van der Waals surface area contributed by atoms with Gasteiger partial charge in [-0.2, -0.15) is 0 Å². The van der Waals surface area contributed by atoms with Crippen LogP contribution in [0.15, 0.2) is 53.0 Å². The number of aryl methyl sites for hydroxylation is 1. The first-order valence-corrected chi connectivity index (χ1v) is 14.0. The number of aromatic nitrogens is 5. The van der Waals surface area contributed by atoms with Gasteiger partial charge in [0.15, 0.2) is 0 Å². The lowest BCUT2D eigenvalue weighted by Gasteiger charge is -2.32. The first-order valence-electron chi connectivity index (χ1n) is 12.3. The molecule has 0 spiro atoms. The van der Waals surface area contributed by atoms with Crippen LogP contribution in [0.25, 0.3) is 10.4 Å². The van der Waals surface area contributed by atoms with Crippen molar-refractivity contribution in [1.29, 1.82) is 0 Å². The van der Waals surface area contributed by atoms with Crippen molar-refractivity contribution in [2.45, 2.75) is 37.2 Å². The maximum atomic E-state index is 14.4. The van der Waals surface area contributed by atoms with E-state index in [0.29, 0.717) is 11.5 Å². The van der Waals surface area contributed by atoms with Crippen LogP contribution >= 0.6 is 34.5 Å². The molecule has 2 amide bonds. The fraction of sp³-hybridized carbons (Fsp3) is 0.320. The molecule has 1 fully saturated rings. The molecular weight excluding hydrogens is 601 g/mol. The summed E-state index contributed by atoms with van der Waals surface area (Å²) >= 11 is 13.6. The SMILES string of the molecule is Cc1nnc(N2CC(F)CC2CNC(=O)C(c2cncnc2)N(C(=O)C(F)Cl)c2ccc(-c3cncs3)cc2Cl)o1. The Balaban J connectivity index is 1.47. The highest BCUT2D eigenvalue weighted by molar-refractivity contribution is 7.13. The van der Waals surface area contributed by atoms with Gasteiger partial charge >= 0.3 is 6.01 Å². The minimum absolute atomic E-state index is 0.000229. The predicted octanol–water partition coefficient (Wildman–Crippen LogP) is 4.29. The van der Waals surface area contributed by atoms with E-state index in [2.05, 4.69) is 30.5 Å². The maximum Gasteiger partial charge on any atom is 0.318 e. The van der Waals surface area contributed by atoms with Crippen molar-refractivity contribution in [1.82, 2.24) is 30.5 Å². The van der Waals surface area contributed by atoms with E-state index in [1.165, 1.54) is 36.1 Å².